The molecule has 20 heavy (non-hydrogen) atoms. The van der Waals surface area contributed by atoms with Gasteiger partial charge in [0.05, 0.1) is 0 Å². The standard InChI is InChI=1S/C12H13ClN4O2S/c1-17(9-10-5-3-2-4-6-10)20(18,19)16-12-8-7-11(13)14-15-12/h2-8H,9H2,1H3,(H,15,16). The molecule has 0 aliphatic carbocycles. The third-order valence-corrected chi connectivity index (χ3v) is 4.14. The number of hydrogen-bond donors (Lipinski definition) is 1. The van der Waals surface area contributed by atoms with Crippen LogP contribution in [0, 0.1) is 0 Å². The van der Waals surface area contributed by atoms with Gasteiger partial charge in [0.2, 0.25) is 0 Å². The van der Waals surface area contributed by atoms with Crippen molar-refractivity contribution in [3.05, 3.63) is 53.2 Å². The van der Waals surface area contributed by atoms with Gasteiger partial charge in [0.1, 0.15) is 0 Å². The molecule has 1 aromatic heterocycles. The largest absolute Gasteiger partial charge is 0.302 e. The molecule has 0 aliphatic rings. The predicted molar refractivity (Wildman–Crippen MR) is 77.5 cm³/mol. The van der Waals surface area contributed by atoms with Crippen LogP contribution in [-0.2, 0) is 16.8 Å². The molecule has 0 atom stereocenters. The number of aromatic nitrogens is 2. The van der Waals surface area contributed by atoms with E-state index in [4.69, 9.17) is 11.6 Å². The summed E-state index contributed by atoms with van der Waals surface area (Å²) in [6, 6.07) is 12.2. The lowest BCUT2D eigenvalue weighted by Gasteiger charge is -2.17. The topological polar surface area (TPSA) is 75.2 Å². The third kappa shape index (κ3) is 3.89. The molecule has 0 bridgehead atoms. The number of nitrogens with one attached hydrogen (secondary N) is 1. The van der Waals surface area contributed by atoms with Crippen molar-refractivity contribution < 1.29 is 8.42 Å². The highest BCUT2D eigenvalue weighted by Crippen LogP contribution is 2.11. The molecule has 2 rings (SSSR count). The smallest absolute Gasteiger partial charge is 0.253 e. The van der Waals surface area contributed by atoms with Gasteiger partial charge in [-0.15, -0.1) is 10.2 Å². The van der Waals surface area contributed by atoms with Crippen LogP contribution in [0.5, 0.6) is 0 Å². The molecule has 0 amide bonds. The molecule has 8 heteroatoms. The highest BCUT2D eigenvalue weighted by atomic mass is 35.5. The van der Waals surface area contributed by atoms with Gasteiger partial charge in [0.15, 0.2) is 11.0 Å². The zero-order chi connectivity index (χ0) is 14.6. The van der Waals surface area contributed by atoms with Crippen LogP contribution in [0.1, 0.15) is 5.56 Å². The first-order valence-electron chi connectivity index (χ1n) is 5.74. The minimum absolute atomic E-state index is 0.120. The van der Waals surface area contributed by atoms with Crippen molar-refractivity contribution >= 4 is 27.6 Å². The Morgan fingerprint density at radius 1 is 1.15 bits per heavy atom. The zero-order valence-electron chi connectivity index (χ0n) is 10.7. The average molecular weight is 313 g/mol. The van der Waals surface area contributed by atoms with E-state index in [-0.39, 0.29) is 17.5 Å². The first-order chi connectivity index (χ1) is 9.47. The third-order valence-electron chi connectivity index (χ3n) is 2.52. The quantitative estimate of drug-likeness (QED) is 0.915. The Morgan fingerprint density at radius 2 is 1.85 bits per heavy atom. The number of nitrogens with zero attached hydrogens (tertiary/aromatic N) is 3. The van der Waals surface area contributed by atoms with Crippen molar-refractivity contribution in [2.75, 3.05) is 11.8 Å². The second-order valence-electron chi connectivity index (χ2n) is 4.09. The SMILES string of the molecule is CN(Cc1ccccc1)S(=O)(=O)Nc1ccc(Cl)nn1. The van der Waals surface area contributed by atoms with Gasteiger partial charge in [0, 0.05) is 13.6 Å². The molecule has 1 aromatic carbocycles. The normalized spacial score (nSPS) is 11.6. The molecule has 0 spiro atoms. The van der Waals surface area contributed by atoms with Crippen molar-refractivity contribution in [3.63, 3.8) is 0 Å². The van der Waals surface area contributed by atoms with Crippen LogP contribution in [0.4, 0.5) is 5.82 Å². The van der Waals surface area contributed by atoms with Crippen molar-refractivity contribution in [2.45, 2.75) is 6.54 Å². The van der Waals surface area contributed by atoms with Crippen LogP contribution in [0.2, 0.25) is 5.15 Å². The molecule has 106 valence electrons. The van der Waals surface area contributed by atoms with Gasteiger partial charge in [0.25, 0.3) is 0 Å². The van der Waals surface area contributed by atoms with Gasteiger partial charge >= 0.3 is 10.2 Å². The summed E-state index contributed by atoms with van der Waals surface area (Å²) in [5.41, 5.74) is 0.891. The Bertz CT molecular complexity index is 662. The van der Waals surface area contributed by atoms with Crippen LogP contribution in [0.3, 0.4) is 0 Å². The molecule has 0 saturated carbocycles. The van der Waals surface area contributed by atoms with E-state index < -0.39 is 10.2 Å². The van der Waals surface area contributed by atoms with E-state index in [0.29, 0.717) is 0 Å². The van der Waals surface area contributed by atoms with Crippen LogP contribution < -0.4 is 4.72 Å². The van der Waals surface area contributed by atoms with Crippen LogP contribution in [-0.4, -0.2) is 30.0 Å². The van der Waals surface area contributed by atoms with E-state index in [2.05, 4.69) is 14.9 Å². The van der Waals surface area contributed by atoms with Crippen LogP contribution >= 0.6 is 11.6 Å². The second-order valence-corrected chi connectivity index (χ2v) is 6.25. The minimum Gasteiger partial charge on any atom is -0.253 e. The maximum atomic E-state index is 12.1. The number of benzene rings is 1. The molecule has 0 aliphatic heterocycles. The van der Waals surface area contributed by atoms with Gasteiger partial charge in [-0.2, -0.15) is 12.7 Å². The van der Waals surface area contributed by atoms with Crippen molar-refractivity contribution in [3.8, 4) is 0 Å². The van der Waals surface area contributed by atoms with E-state index in [9.17, 15) is 8.42 Å². The van der Waals surface area contributed by atoms with Gasteiger partial charge in [-0.3, -0.25) is 4.72 Å². The van der Waals surface area contributed by atoms with Crippen molar-refractivity contribution in [2.24, 2.45) is 0 Å². The summed E-state index contributed by atoms with van der Waals surface area (Å²) in [7, 11) is -2.20. The minimum atomic E-state index is -3.69. The molecule has 0 saturated heterocycles. The molecule has 1 N–H and O–H groups in total. The highest BCUT2D eigenvalue weighted by Gasteiger charge is 2.18. The summed E-state index contributed by atoms with van der Waals surface area (Å²) in [5.74, 6) is 0.120. The summed E-state index contributed by atoms with van der Waals surface area (Å²) in [5, 5.41) is 7.43. The Hall–Kier alpha value is -1.70. The van der Waals surface area contributed by atoms with Gasteiger partial charge < -0.3 is 0 Å². The van der Waals surface area contributed by atoms with Gasteiger partial charge in [-0.25, -0.2) is 0 Å². The number of hydrogen-bond acceptors (Lipinski definition) is 4. The lowest BCUT2D eigenvalue weighted by atomic mass is 10.2. The maximum Gasteiger partial charge on any atom is 0.302 e. The fourth-order valence-electron chi connectivity index (χ4n) is 1.51. The van der Waals surface area contributed by atoms with Gasteiger partial charge in [-0.05, 0) is 17.7 Å². The Balaban J connectivity index is 2.08. The highest BCUT2D eigenvalue weighted by molar-refractivity contribution is 7.90. The Labute approximate surface area is 122 Å². The van der Waals surface area contributed by atoms with Crippen molar-refractivity contribution in [1.82, 2.24) is 14.5 Å². The first kappa shape index (κ1) is 14.7. The summed E-state index contributed by atoms with van der Waals surface area (Å²) < 4.78 is 27.7. The molecular formula is C12H13ClN4O2S. The summed E-state index contributed by atoms with van der Waals surface area (Å²) in [6.07, 6.45) is 0. The number of rotatable bonds is 5. The van der Waals surface area contributed by atoms with Crippen molar-refractivity contribution in [1.29, 1.82) is 0 Å². The summed E-state index contributed by atoms with van der Waals surface area (Å²) in [6.45, 7) is 0.261. The fourth-order valence-corrected chi connectivity index (χ4v) is 2.45. The molecule has 6 nitrogen and oxygen atoms in total. The fraction of sp³-hybridized carbons (Fsp3) is 0.167. The second kappa shape index (κ2) is 6.17. The molecule has 0 unspecified atom stereocenters. The van der Waals surface area contributed by atoms with E-state index in [1.54, 1.807) is 0 Å². The van der Waals surface area contributed by atoms with Crippen LogP contribution in [0.15, 0.2) is 42.5 Å². The molecule has 0 radical (unpaired) electrons. The zero-order valence-corrected chi connectivity index (χ0v) is 12.3. The molecule has 2 aromatic rings. The Morgan fingerprint density at radius 3 is 2.45 bits per heavy atom. The Kier molecular flexibility index (Phi) is 4.53. The lowest BCUT2D eigenvalue weighted by molar-refractivity contribution is 0.471. The number of anilines is 1. The van der Waals surface area contributed by atoms with E-state index in [1.165, 1.54) is 23.5 Å². The maximum absolute atomic E-state index is 12.1. The average Bonchev–Trinajstić information content (AvgIpc) is 2.42. The monoisotopic (exact) mass is 312 g/mol. The summed E-state index contributed by atoms with van der Waals surface area (Å²) in [4.78, 5) is 0. The van der Waals surface area contributed by atoms with E-state index in [0.717, 1.165) is 5.56 Å². The van der Waals surface area contributed by atoms with E-state index in [1.807, 2.05) is 30.3 Å². The number of halogens is 1. The molecule has 1 heterocycles. The summed E-state index contributed by atoms with van der Waals surface area (Å²) >= 11 is 5.59. The van der Waals surface area contributed by atoms with Crippen LogP contribution in [0.25, 0.3) is 0 Å². The van der Waals surface area contributed by atoms with E-state index >= 15 is 0 Å². The first-order valence-corrected chi connectivity index (χ1v) is 7.56. The van der Waals surface area contributed by atoms with Gasteiger partial charge in [-0.1, -0.05) is 41.9 Å². The molecular weight excluding hydrogens is 300 g/mol. The molecule has 0 fully saturated rings. The predicted octanol–water partition coefficient (Wildman–Crippen LogP) is 1.92. The lowest BCUT2D eigenvalue weighted by Crippen LogP contribution is -2.32.